The molecule has 0 bridgehead atoms. The lowest BCUT2D eigenvalue weighted by Gasteiger charge is -2.29. The highest BCUT2D eigenvalue weighted by molar-refractivity contribution is 6.39. The molecule has 13 heteroatoms. The highest BCUT2D eigenvalue weighted by Crippen LogP contribution is 2.60. The number of halogens is 2. The molecule has 1 aliphatic heterocycles. The van der Waals surface area contributed by atoms with Crippen LogP contribution in [0.2, 0.25) is 10.0 Å². The smallest absolute Gasteiger partial charge is 0.354 e. The van der Waals surface area contributed by atoms with Crippen molar-refractivity contribution in [3.63, 3.8) is 0 Å². The van der Waals surface area contributed by atoms with Crippen molar-refractivity contribution in [3.8, 4) is 28.6 Å². The number of allylic oxidation sites excluding steroid dienone is 1. The number of methoxy groups -OCH3 is 1. The number of piperidine rings is 1. The molecular formula is C28H24Cl2N6O5. The standard InChI is InChI=1S/C28H24Cl2N6O5/c1-39-21-9-15(8-20(32-21)26(37)38)25-33-27(35-41-25)36-7-6-28(10-16(28)13-36)5-4-17-23(34-40-24(17)14-2-3-14)22-18(29)11-31-12-19(22)30/h4-5,8-9,11-12,14,16H,2-3,6-7,10,13H2,1H3,(H,37,38)/b5-4+. The van der Waals surface area contributed by atoms with Crippen molar-refractivity contribution >= 4 is 41.2 Å². The first kappa shape index (κ1) is 26.0. The highest BCUT2D eigenvalue weighted by Gasteiger charge is 2.55. The van der Waals surface area contributed by atoms with Crippen LogP contribution in [0.3, 0.4) is 0 Å². The van der Waals surface area contributed by atoms with Crippen LogP contribution in [0.4, 0.5) is 5.95 Å². The van der Waals surface area contributed by atoms with Gasteiger partial charge in [-0.25, -0.2) is 9.78 Å². The second-order valence-corrected chi connectivity index (χ2v) is 11.5. The predicted molar refractivity (Wildman–Crippen MR) is 149 cm³/mol. The van der Waals surface area contributed by atoms with Crippen LogP contribution in [-0.4, -0.2) is 56.5 Å². The molecule has 2 atom stereocenters. The van der Waals surface area contributed by atoms with E-state index in [0.29, 0.717) is 44.7 Å². The lowest BCUT2D eigenvalue weighted by atomic mass is 9.93. The Hall–Kier alpha value is -3.96. The van der Waals surface area contributed by atoms with Gasteiger partial charge in [0.1, 0.15) is 11.5 Å². The van der Waals surface area contributed by atoms with Gasteiger partial charge in [0.15, 0.2) is 5.69 Å². The van der Waals surface area contributed by atoms with Gasteiger partial charge in [-0.3, -0.25) is 4.98 Å². The topological polar surface area (TPSA) is 140 Å². The number of carboxylic acid groups (broad SMARTS) is 1. The van der Waals surface area contributed by atoms with Crippen molar-refractivity contribution < 1.29 is 23.7 Å². The van der Waals surface area contributed by atoms with Crippen molar-refractivity contribution in [1.29, 1.82) is 0 Å². The summed E-state index contributed by atoms with van der Waals surface area (Å²) in [5, 5.41) is 18.8. The van der Waals surface area contributed by atoms with Gasteiger partial charge >= 0.3 is 5.97 Å². The molecule has 210 valence electrons. The zero-order chi connectivity index (χ0) is 28.3. The fourth-order valence-electron chi connectivity index (χ4n) is 5.60. The third kappa shape index (κ3) is 4.72. The van der Waals surface area contributed by atoms with E-state index in [-0.39, 0.29) is 22.9 Å². The van der Waals surface area contributed by atoms with E-state index in [4.69, 9.17) is 37.0 Å². The second kappa shape index (κ2) is 9.85. The molecular weight excluding hydrogens is 571 g/mol. The Morgan fingerprint density at radius 3 is 2.68 bits per heavy atom. The fourth-order valence-corrected chi connectivity index (χ4v) is 6.15. The average molecular weight is 595 g/mol. The first-order chi connectivity index (χ1) is 19.8. The molecule has 0 aromatic carbocycles. The molecule has 0 amide bonds. The number of ether oxygens (including phenoxy) is 1. The number of carboxylic acids is 1. The molecule has 11 nitrogen and oxygen atoms in total. The SMILES string of the molecule is COc1cc(-c2nc(N3CCC4(/C=C/c5c(-c6c(Cl)cncc6Cl)noc5C5CC5)CC4C3)no2)cc(C(=O)O)n1. The molecule has 1 saturated heterocycles. The molecule has 5 heterocycles. The maximum Gasteiger partial charge on any atom is 0.354 e. The number of carbonyl (C=O) groups is 1. The van der Waals surface area contributed by atoms with E-state index in [9.17, 15) is 9.90 Å². The molecule has 2 unspecified atom stereocenters. The van der Waals surface area contributed by atoms with Crippen molar-refractivity contribution in [2.75, 3.05) is 25.1 Å². The van der Waals surface area contributed by atoms with Crippen molar-refractivity contribution in [1.82, 2.24) is 25.3 Å². The van der Waals surface area contributed by atoms with Gasteiger partial charge in [0.25, 0.3) is 11.8 Å². The number of aromatic nitrogens is 5. The van der Waals surface area contributed by atoms with E-state index < -0.39 is 5.97 Å². The minimum absolute atomic E-state index is 0.0686. The van der Waals surface area contributed by atoms with E-state index in [0.717, 1.165) is 50.1 Å². The predicted octanol–water partition coefficient (Wildman–Crippen LogP) is 6.00. The summed E-state index contributed by atoms with van der Waals surface area (Å²) in [6.45, 7) is 1.52. The van der Waals surface area contributed by atoms with E-state index in [2.05, 4.69) is 42.3 Å². The number of anilines is 1. The number of fused-ring (bicyclic) bond motifs is 1. The third-order valence-corrected chi connectivity index (χ3v) is 8.69. The van der Waals surface area contributed by atoms with Crippen LogP contribution in [0, 0.1) is 11.3 Å². The second-order valence-electron chi connectivity index (χ2n) is 10.7. The van der Waals surface area contributed by atoms with Crippen LogP contribution in [0.25, 0.3) is 28.8 Å². The monoisotopic (exact) mass is 594 g/mol. The normalized spacial score (nSPS) is 21.7. The number of pyridine rings is 2. The quantitative estimate of drug-likeness (QED) is 0.256. The first-order valence-electron chi connectivity index (χ1n) is 13.2. The maximum atomic E-state index is 11.5. The number of rotatable bonds is 8. The van der Waals surface area contributed by atoms with Gasteiger partial charge in [-0.1, -0.05) is 40.5 Å². The Balaban J connectivity index is 1.10. The van der Waals surface area contributed by atoms with E-state index in [1.807, 2.05) is 0 Å². The summed E-state index contributed by atoms with van der Waals surface area (Å²) >= 11 is 12.9. The minimum Gasteiger partial charge on any atom is -0.481 e. The van der Waals surface area contributed by atoms with E-state index in [1.54, 1.807) is 18.5 Å². The molecule has 2 saturated carbocycles. The van der Waals surface area contributed by atoms with Gasteiger partial charge in [0, 0.05) is 54.2 Å². The average Bonchev–Trinajstić information content (AvgIpc) is 3.84. The Morgan fingerprint density at radius 1 is 1.17 bits per heavy atom. The highest BCUT2D eigenvalue weighted by atomic mass is 35.5. The zero-order valence-corrected chi connectivity index (χ0v) is 23.4. The van der Waals surface area contributed by atoms with Crippen LogP contribution < -0.4 is 9.64 Å². The van der Waals surface area contributed by atoms with Crippen molar-refractivity contribution in [2.24, 2.45) is 11.3 Å². The fraction of sp³-hybridized carbons (Fsp3) is 0.357. The number of hydrogen-bond donors (Lipinski definition) is 1. The Labute approximate surface area is 244 Å². The summed E-state index contributed by atoms with van der Waals surface area (Å²) < 4.78 is 16.4. The van der Waals surface area contributed by atoms with Crippen LogP contribution in [-0.2, 0) is 0 Å². The summed E-state index contributed by atoms with van der Waals surface area (Å²) in [6, 6.07) is 2.95. The van der Waals surface area contributed by atoms with Gasteiger partial charge in [-0.2, -0.15) is 4.98 Å². The van der Waals surface area contributed by atoms with Gasteiger partial charge in [0.2, 0.25) is 5.88 Å². The lowest BCUT2D eigenvalue weighted by molar-refractivity contribution is 0.0689. The molecule has 4 aromatic heterocycles. The van der Waals surface area contributed by atoms with Gasteiger partial charge < -0.3 is 23.8 Å². The van der Waals surface area contributed by atoms with Crippen molar-refractivity contribution in [2.45, 2.75) is 31.6 Å². The number of nitrogens with zero attached hydrogens (tertiary/aromatic N) is 6. The molecule has 0 radical (unpaired) electrons. The molecule has 3 fully saturated rings. The number of aromatic carboxylic acids is 1. The van der Waals surface area contributed by atoms with Crippen LogP contribution in [0.1, 0.15) is 53.4 Å². The Kier molecular flexibility index (Phi) is 6.24. The zero-order valence-electron chi connectivity index (χ0n) is 21.9. The van der Waals surface area contributed by atoms with Crippen LogP contribution in [0.15, 0.2) is 39.6 Å². The van der Waals surface area contributed by atoms with E-state index >= 15 is 0 Å². The molecule has 3 aliphatic rings. The molecule has 41 heavy (non-hydrogen) atoms. The van der Waals surface area contributed by atoms with Gasteiger partial charge in [-0.15, -0.1) is 0 Å². The Morgan fingerprint density at radius 2 is 1.98 bits per heavy atom. The molecule has 1 N–H and O–H groups in total. The first-order valence-corrected chi connectivity index (χ1v) is 14.0. The van der Waals surface area contributed by atoms with Crippen LogP contribution in [0.5, 0.6) is 5.88 Å². The number of hydrogen-bond acceptors (Lipinski definition) is 10. The summed E-state index contributed by atoms with van der Waals surface area (Å²) in [7, 11) is 1.42. The van der Waals surface area contributed by atoms with Gasteiger partial charge in [-0.05, 0) is 48.2 Å². The van der Waals surface area contributed by atoms with Crippen LogP contribution >= 0.6 is 23.2 Å². The molecule has 2 aliphatic carbocycles. The third-order valence-electron chi connectivity index (χ3n) is 8.12. The summed E-state index contributed by atoms with van der Waals surface area (Å²) in [5.74, 6) is 1.33. The van der Waals surface area contributed by atoms with Gasteiger partial charge in [0.05, 0.1) is 17.2 Å². The maximum absolute atomic E-state index is 11.5. The molecule has 0 spiro atoms. The summed E-state index contributed by atoms with van der Waals surface area (Å²) in [6.07, 6.45) is 11.7. The summed E-state index contributed by atoms with van der Waals surface area (Å²) in [4.78, 5) is 26.1. The molecule has 7 rings (SSSR count). The summed E-state index contributed by atoms with van der Waals surface area (Å²) in [5.41, 5.74) is 2.54. The minimum atomic E-state index is -1.17. The van der Waals surface area contributed by atoms with E-state index in [1.165, 1.54) is 13.2 Å². The largest absolute Gasteiger partial charge is 0.481 e. The Bertz CT molecular complexity index is 1680. The molecule has 4 aromatic rings. The van der Waals surface area contributed by atoms with Crippen molar-refractivity contribution in [3.05, 3.63) is 57.7 Å². The lowest BCUT2D eigenvalue weighted by Crippen LogP contribution is -2.35.